The van der Waals surface area contributed by atoms with Crippen molar-refractivity contribution in [3.8, 4) is 17.4 Å². The molecule has 0 radical (unpaired) electrons. The Kier molecular flexibility index (Phi) is 3.61. The summed E-state index contributed by atoms with van der Waals surface area (Å²) in [6.07, 6.45) is 1.68. The van der Waals surface area contributed by atoms with Gasteiger partial charge < -0.3 is 9.47 Å². The zero-order chi connectivity index (χ0) is 16.6. The first-order chi connectivity index (χ1) is 11.0. The molecule has 1 aromatic rings. The number of ether oxygens (including phenoxy) is 2. The van der Waals surface area contributed by atoms with E-state index in [-0.39, 0.29) is 5.56 Å². The standard InChI is InChI=1S/C16H16N4O3/c1-9-10(2)19-20-13(15(21)18-16(20)17-9)8-11-7-12(22-3)5-6-14(11)23-4/h5-8,19H,2H2,1,3-4H3/b13-8+. The lowest BCUT2D eigenvalue weighted by Gasteiger charge is -2.07. The number of hydrogen-bond acceptors (Lipinski definition) is 5. The number of nitrogens with one attached hydrogen (secondary N) is 1. The first-order valence-electron chi connectivity index (χ1n) is 6.91. The van der Waals surface area contributed by atoms with Crippen molar-refractivity contribution in [1.29, 1.82) is 0 Å². The van der Waals surface area contributed by atoms with Crippen molar-refractivity contribution in [2.24, 2.45) is 0 Å². The van der Waals surface area contributed by atoms with Gasteiger partial charge in [-0.3, -0.25) is 9.89 Å². The lowest BCUT2D eigenvalue weighted by molar-refractivity contribution is 0.402. The Hall–Kier alpha value is -3.09. The molecule has 2 heterocycles. The van der Waals surface area contributed by atoms with Crippen molar-refractivity contribution in [3.05, 3.63) is 50.5 Å². The lowest BCUT2D eigenvalue weighted by atomic mass is 10.1. The van der Waals surface area contributed by atoms with Crippen LogP contribution in [0.3, 0.4) is 0 Å². The fourth-order valence-electron chi connectivity index (χ4n) is 2.25. The summed E-state index contributed by atoms with van der Waals surface area (Å²) >= 11 is 0. The molecule has 0 atom stereocenters. The number of methoxy groups -OCH3 is 2. The molecular formula is C16H16N4O3. The minimum Gasteiger partial charge on any atom is -0.497 e. The van der Waals surface area contributed by atoms with Crippen LogP contribution in [0.15, 0.2) is 23.0 Å². The van der Waals surface area contributed by atoms with Crippen molar-refractivity contribution < 1.29 is 9.47 Å². The summed E-state index contributed by atoms with van der Waals surface area (Å²) in [4.78, 5) is 20.4. The van der Waals surface area contributed by atoms with Gasteiger partial charge in [0.05, 0.1) is 25.3 Å². The second kappa shape index (κ2) is 5.60. The van der Waals surface area contributed by atoms with Gasteiger partial charge in [-0.2, -0.15) is 4.98 Å². The molecule has 3 rings (SSSR count). The van der Waals surface area contributed by atoms with E-state index in [0.717, 1.165) is 0 Å². The Bertz CT molecular complexity index is 1000. The van der Waals surface area contributed by atoms with Crippen molar-refractivity contribution in [2.45, 2.75) is 6.92 Å². The van der Waals surface area contributed by atoms with Crippen LogP contribution in [0.2, 0.25) is 0 Å². The number of H-pyrrole nitrogens is 1. The number of nitrogens with zero attached hydrogens (tertiary/aromatic N) is 3. The molecule has 0 saturated carbocycles. The summed E-state index contributed by atoms with van der Waals surface area (Å²) in [6.45, 7) is 5.66. The van der Waals surface area contributed by atoms with Gasteiger partial charge in [-0.05, 0) is 31.2 Å². The van der Waals surface area contributed by atoms with E-state index >= 15 is 0 Å². The van der Waals surface area contributed by atoms with E-state index in [1.54, 1.807) is 45.4 Å². The van der Waals surface area contributed by atoms with E-state index < -0.39 is 0 Å². The molecule has 7 heteroatoms. The minimum absolute atomic E-state index is 0.299. The largest absolute Gasteiger partial charge is 0.497 e. The smallest absolute Gasteiger partial charge is 0.299 e. The fourth-order valence-corrected chi connectivity index (χ4v) is 2.25. The molecule has 1 aromatic carbocycles. The van der Waals surface area contributed by atoms with Gasteiger partial charge in [0.15, 0.2) is 0 Å². The van der Waals surface area contributed by atoms with E-state index in [1.165, 1.54) is 4.68 Å². The number of aromatic nitrogens is 4. The summed E-state index contributed by atoms with van der Waals surface area (Å²) in [5, 5.41) is 3.96. The summed E-state index contributed by atoms with van der Waals surface area (Å²) in [5.74, 6) is 1.58. The van der Waals surface area contributed by atoms with Crippen LogP contribution in [-0.4, -0.2) is 34.0 Å². The van der Waals surface area contributed by atoms with E-state index in [2.05, 4.69) is 21.6 Å². The van der Waals surface area contributed by atoms with Crippen molar-refractivity contribution in [1.82, 2.24) is 19.7 Å². The van der Waals surface area contributed by atoms with Gasteiger partial charge in [0, 0.05) is 5.56 Å². The molecular weight excluding hydrogens is 296 g/mol. The average molecular weight is 312 g/mol. The third-order valence-corrected chi connectivity index (χ3v) is 3.54. The molecule has 7 nitrogen and oxygen atoms in total. The number of imidazole rings is 1. The molecule has 2 aliphatic heterocycles. The van der Waals surface area contributed by atoms with E-state index in [9.17, 15) is 4.79 Å². The average Bonchev–Trinajstić information content (AvgIpc) is 2.83. The second-order valence-electron chi connectivity index (χ2n) is 4.98. The summed E-state index contributed by atoms with van der Waals surface area (Å²) in [7, 11) is 3.14. The molecule has 0 saturated heterocycles. The molecule has 0 fully saturated rings. The van der Waals surface area contributed by atoms with Crippen LogP contribution in [0, 0.1) is 6.92 Å². The van der Waals surface area contributed by atoms with Gasteiger partial charge in [-0.1, -0.05) is 6.58 Å². The maximum Gasteiger partial charge on any atom is 0.299 e. The van der Waals surface area contributed by atoms with Crippen LogP contribution in [0.25, 0.3) is 18.6 Å². The maximum atomic E-state index is 12.2. The Morgan fingerprint density at radius 1 is 1.26 bits per heavy atom. The molecule has 23 heavy (non-hydrogen) atoms. The van der Waals surface area contributed by atoms with Crippen LogP contribution in [0.5, 0.6) is 11.5 Å². The first kappa shape index (κ1) is 14.8. The van der Waals surface area contributed by atoms with Crippen molar-refractivity contribution >= 4 is 12.7 Å². The topological polar surface area (TPSA) is 82.0 Å². The fraction of sp³-hybridized carbons (Fsp3) is 0.188. The number of rotatable bonds is 3. The molecule has 2 aliphatic rings. The van der Waals surface area contributed by atoms with Crippen LogP contribution < -0.4 is 25.7 Å². The first-order valence-corrected chi connectivity index (χ1v) is 6.91. The Balaban J connectivity index is 2.31. The molecule has 118 valence electrons. The quantitative estimate of drug-likeness (QED) is 0.734. The van der Waals surface area contributed by atoms with Crippen molar-refractivity contribution in [3.63, 3.8) is 0 Å². The van der Waals surface area contributed by atoms with E-state index in [1.807, 2.05) is 0 Å². The molecule has 0 spiro atoms. The normalized spacial score (nSPS) is 11.9. The van der Waals surface area contributed by atoms with Gasteiger partial charge in [-0.15, -0.1) is 0 Å². The number of aromatic amines is 1. The van der Waals surface area contributed by atoms with Crippen LogP contribution in [0.1, 0.15) is 11.3 Å². The maximum absolute atomic E-state index is 12.2. The summed E-state index contributed by atoms with van der Waals surface area (Å²) in [6, 6.07) is 5.34. The molecule has 0 amide bonds. The zero-order valence-electron chi connectivity index (χ0n) is 13.1. The molecule has 0 bridgehead atoms. The van der Waals surface area contributed by atoms with Crippen LogP contribution in [-0.2, 0) is 0 Å². The highest BCUT2D eigenvalue weighted by Gasteiger charge is 2.12. The van der Waals surface area contributed by atoms with Gasteiger partial charge in [0.2, 0.25) is 0 Å². The number of fused-ring (bicyclic) bond motifs is 1. The minimum atomic E-state index is -0.386. The van der Waals surface area contributed by atoms with Crippen LogP contribution >= 0.6 is 0 Å². The lowest BCUT2D eigenvalue weighted by Crippen LogP contribution is -2.32. The molecule has 0 aromatic heterocycles. The van der Waals surface area contributed by atoms with Crippen LogP contribution in [0.4, 0.5) is 0 Å². The number of aryl methyl sites for hydroxylation is 1. The van der Waals surface area contributed by atoms with E-state index in [4.69, 9.17) is 9.47 Å². The van der Waals surface area contributed by atoms with Gasteiger partial charge in [0.1, 0.15) is 16.8 Å². The highest BCUT2D eigenvalue weighted by atomic mass is 16.5. The third-order valence-electron chi connectivity index (χ3n) is 3.54. The van der Waals surface area contributed by atoms with Gasteiger partial charge >= 0.3 is 0 Å². The number of hydrogen-bond donors (Lipinski definition) is 1. The van der Waals surface area contributed by atoms with Gasteiger partial charge in [-0.25, -0.2) is 9.67 Å². The highest BCUT2D eigenvalue weighted by molar-refractivity contribution is 5.59. The Morgan fingerprint density at radius 2 is 2.04 bits per heavy atom. The van der Waals surface area contributed by atoms with Gasteiger partial charge in [0.25, 0.3) is 11.5 Å². The predicted octanol–water partition coefficient (Wildman–Crippen LogP) is -0.0419. The SMILES string of the molecule is C=c1[nH]n2/c(=C/c3cc(OC)ccc3OC)c(=O)nc-2nc1C. The second-order valence-corrected chi connectivity index (χ2v) is 4.98. The summed E-state index contributed by atoms with van der Waals surface area (Å²) < 4.78 is 12.1. The Labute approximate surface area is 131 Å². The monoisotopic (exact) mass is 312 g/mol. The van der Waals surface area contributed by atoms with Crippen molar-refractivity contribution in [2.75, 3.05) is 14.2 Å². The Morgan fingerprint density at radius 3 is 2.74 bits per heavy atom. The molecule has 0 unspecified atom stereocenters. The summed E-state index contributed by atoms with van der Waals surface area (Å²) in [5.41, 5.74) is 1.00. The third kappa shape index (κ3) is 2.57. The number of benzene rings is 1. The predicted molar refractivity (Wildman–Crippen MR) is 85.8 cm³/mol. The highest BCUT2D eigenvalue weighted by Crippen LogP contribution is 2.24. The zero-order valence-corrected chi connectivity index (χ0v) is 13.1. The van der Waals surface area contributed by atoms with E-state index in [0.29, 0.717) is 39.4 Å². The molecule has 0 aliphatic carbocycles. The molecule has 1 N–H and O–H groups in total.